The molecule has 0 radical (unpaired) electrons. The molecule has 1 aromatic rings. The predicted molar refractivity (Wildman–Crippen MR) is 79.0 cm³/mol. The van der Waals surface area contributed by atoms with Crippen molar-refractivity contribution in [2.24, 2.45) is 0 Å². The number of hydrogen-bond acceptors (Lipinski definition) is 3. The van der Waals surface area contributed by atoms with Gasteiger partial charge in [0.25, 0.3) is 5.91 Å². The number of hydrogen-bond donors (Lipinski definition) is 2. The van der Waals surface area contributed by atoms with Crippen LogP contribution >= 0.6 is 0 Å². The van der Waals surface area contributed by atoms with Crippen molar-refractivity contribution in [3.05, 3.63) is 33.7 Å². The molecule has 20 heavy (non-hydrogen) atoms. The van der Waals surface area contributed by atoms with Gasteiger partial charge in [-0.3, -0.25) is 9.59 Å². The quantitative estimate of drug-likeness (QED) is 0.871. The molecule has 5 nitrogen and oxygen atoms in total. The first-order valence-electron chi connectivity index (χ1n) is 7.37. The molecule has 0 bridgehead atoms. The van der Waals surface area contributed by atoms with Crippen molar-refractivity contribution in [2.45, 2.75) is 32.6 Å². The minimum absolute atomic E-state index is 0.187. The zero-order valence-electron chi connectivity index (χ0n) is 12.1. The molecule has 1 amide bonds. The van der Waals surface area contributed by atoms with Crippen molar-refractivity contribution in [1.29, 1.82) is 0 Å². The lowest BCUT2D eigenvalue weighted by Crippen LogP contribution is -2.37. The molecule has 2 heterocycles. The molecule has 5 heteroatoms. The maximum absolute atomic E-state index is 11.9. The van der Waals surface area contributed by atoms with Crippen molar-refractivity contribution >= 4 is 5.91 Å². The number of nitrogens with zero attached hydrogens (tertiary/aromatic N) is 1. The summed E-state index contributed by atoms with van der Waals surface area (Å²) < 4.78 is 0. The highest BCUT2D eigenvalue weighted by Gasteiger charge is 2.12. The third-order valence-electron chi connectivity index (χ3n) is 3.71. The van der Waals surface area contributed by atoms with E-state index in [-0.39, 0.29) is 16.9 Å². The second-order valence-corrected chi connectivity index (χ2v) is 5.41. The van der Waals surface area contributed by atoms with Gasteiger partial charge < -0.3 is 15.2 Å². The number of carbonyl (C=O) groups excluding carboxylic acids is 1. The van der Waals surface area contributed by atoms with Crippen LogP contribution in [0.5, 0.6) is 0 Å². The highest BCUT2D eigenvalue weighted by molar-refractivity contribution is 5.93. The summed E-state index contributed by atoms with van der Waals surface area (Å²) >= 11 is 0. The maximum atomic E-state index is 11.9. The molecule has 1 aromatic heterocycles. The number of aromatic amines is 1. The maximum Gasteiger partial charge on any atom is 0.256 e. The minimum atomic E-state index is -0.291. The van der Waals surface area contributed by atoms with Crippen LogP contribution in [0.15, 0.2) is 17.1 Å². The molecular weight excluding hydrogens is 254 g/mol. The van der Waals surface area contributed by atoms with Crippen LogP contribution in [0.4, 0.5) is 0 Å². The molecule has 1 fully saturated rings. The topological polar surface area (TPSA) is 65.2 Å². The molecule has 110 valence electrons. The summed E-state index contributed by atoms with van der Waals surface area (Å²) in [4.78, 5) is 28.9. The standard InChI is InChI=1S/C15H23N3O2/c1-12-10-14(19)13(11-17-12)15(20)16-6-9-18-7-4-2-3-5-8-18/h10-11H,2-9H2,1H3,(H,16,20)(H,17,19). The van der Waals surface area contributed by atoms with E-state index in [2.05, 4.69) is 15.2 Å². The SMILES string of the molecule is Cc1cc(=O)c(C(=O)NCCN2CCCCCC2)c[nH]1. The van der Waals surface area contributed by atoms with Crippen LogP contribution in [0.3, 0.4) is 0 Å². The first-order valence-corrected chi connectivity index (χ1v) is 7.37. The fraction of sp³-hybridized carbons (Fsp3) is 0.600. The Morgan fingerprint density at radius 3 is 2.65 bits per heavy atom. The highest BCUT2D eigenvalue weighted by atomic mass is 16.2. The van der Waals surface area contributed by atoms with Crippen molar-refractivity contribution in [1.82, 2.24) is 15.2 Å². The van der Waals surface area contributed by atoms with Crippen LogP contribution in [0.2, 0.25) is 0 Å². The molecular formula is C15H23N3O2. The van der Waals surface area contributed by atoms with Crippen molar-refractivity contribution in [3.8, 4) is 0 Å². The number of nitrogens with one attached hydrogen (secondary N) is 2. The zero-order chi connectivity index (χ0) is 14.4. The fourth-order valence-electron chi connectivity index (χ4n) is 2.53. The normalized spacial score (nSPS) is 16.6. The summed E-state index contributed by atoms with van der Waals surface area (Å²) in [6.45, 7) is 5.46. The van der Waals surface area contributed by atoms with Crippen LogP contribution < -0.4 is 10.7 Å². The van der Waals surface area contributed by atoms with Crippen LogP contribution in [-0.4, -0.2) is 42.0 Å². The third-order valence-corrected chi connectivity index (χ3v) is 3.71. The highest BCUT2D eigenvalue weighted by Crippen LogP contribution is 2.08. The second kappa shape index (κ2) is 7.24. The summed E-state index contributed by atoms with van der Waals surface area (Å²) in [6.07, 6.45) is 6.58. The molecule has 2 rings (SSSR count). The van der Waals surface area contributed by atoms with Crippen LogP contribution in [0.25, 0.3) is 0 Å². The Labute approximate surface area is 119 Å². The van der Waals surface area contributed by atoms with Gasteiger partial charge in [-0.25, -0.2) is 0 Å². The van der Waals surface area contributed by atoms with E-state index in [4.69, 9.17) is 0 Å². The van der Waals surface area contributed by atoms with Gasteiger partial charge >= 0.3 is 0 Å². The molecule has 1 aliphatic rings. The lowest BCUT2D eigenvalue weighted by molar-refractivity contribution is 0.0947. The Morgan fingerprint density at radius 2 is 2.00 bits per heavy atom. The number of aromatic nitrogens is 1. The van der Waals surface area contributed by atoms with Gasteiger partial charge in [-0.1, -0.05) is 12.8 Å². The second-order valence-electron chi connectivity index (χ2n) is 5.41. The molecule has 1 aliphatic heterocycles. The van der Waals surface area contributed by atoms with Crippen LogP contribution in [-0.2, 0) is 0 Å². The smallest absolute Gasteiger partial charge is 0.256 e. The Kier molecular flexibility index (Phi) is 5.35. The molecule has 1 saturated heterocycles. The van der Waals surface area contributed by atoms with Gasteiger partial charge in [-0.15, -0.1) is 0 Å². The zero-order valence-corrected chi connectivity index (χ0v) is 12.1. The number of pyridine rings is 1. The molecule has 0 spiro atoms. The average molecular weight is 277 g/mol. The molecule has 0 unspecified atom stereocenters. The van der Waals surface area contributed by atoms with Crippen LogP contribution in [0, 0.1) is 6.92 Å². The summed E-state index contributed by atoms with van der Waals surface area (Å²) in [5, 5.41) is 2.83. The lowest BCUT2D eigenvalue weighted by Gasteiger charge is -2.19. The first kappa shape index (κ1) is 14.8. The number of rotatable bonds is 4. The third kappa shape index (κ3) is 4.20. The summed E-state index contributed by atoms with van der Waals surface area (Å²) in [5.41, 5.74) is 0.719. The van der Waals surface area contributed by atoms with Gasteiger partial charge in [0, 0.05) is 31.0 Å². The van der Waals surface area contributed by atoms with Gasteiger partial charge in [0.1, 0.15) is 5.56 Å². The van der Waals surface area contributed by atoms with Crippen molar-refractivity contribution in [2.75, 3.05) is 26.2 Å². The van der Waals surface area contributed by atoms with E-state index in [1.807, 2.05) is 0 Å². The number of carbonyl (C=O) groups is 1. The van der Waals surface area contributed by atoms with E-state index in [0.29, 0.717) is 6.54 Å². The van der Waals surface area contributed by atoms with Gasteiger partial charge in [-0.2, -0.15) is 0 Å². The lowest BCUT2D eigenvalue weighted by atomic mass is 10.2. The molecule has 0 saturated carbocycles. The van der Waals surface area contributed by atoms with E-state index in [9.17, 15) is 9.59 Å². The number of amides is 1. The molecule has 0 atom stereocenters. The Hall–Kier alpha value is -1.62. The van der Waals surface area contributed by atoms with E-state index in [1.165, 1.54) is 37.9 Å². The van der Waals surface area contributed by atoms with Crippen molar-refractivity contribution < 1.29 is 4.79 Å². The first-order chi connectivity index (χ1) is 9.66. The van der Waals surface area contributed by atoms with Gasteiger partial charge in [-0.05, 0) is 32.9 Å². The summed E-state index contributed by atoms with van der Waals surface area (Å²) in [7, 11) is 0. The Morgan fingerprint density at radius 1 is 1.30 bits per heavy atom. The fourth-order valence-corrected chi connectivity index (χ4v) is 2.53. The van der Waals surface area contributed by atoms with Crippen LogP contribution in [0.1, 0.15) is 41.7 Å². The largest absolute Gasteiger partial charge is 0.364 e. The van der Waals surface area contributed by atoms with E-state index in [1.54, 1.807) is 6.92 Å². The van der Waals surface area contributed by atoms with Gasteiger partial charge in [0.15, 0.2) is 5.43 Å². The number of aryl methyl sites for hydroxylation is 1. The average Bonchev–Trinajstić information content (AvgIpc) is 2.67. The molecule has 0 aliphatic carbocycles. The van der Waals surface area contributed by atoms with E-state index < -0.39 is 0 Å². The molecule has 2 N–H and O–H groups in total. The summed E-state index contributed by atoms with van der Waals surface area (Å²) in [5.74, 6) is -0.291. The van der Waals surface area contributed by atoms with Crippen molar-refractivity contribution in [3.63, 3.8) is 0 Å². The number of likely N-dealkylation sites (tertiary alicyclic amines) is 1. The monoisotopic (exact) mass is 277 g/mol. The Bertz CT molecular complexity index is 502. The van der Waals surface area contributed by atoms with Gasteiger partial charge in [0.2, 0.25) is 0 Å². The van der Waals surface area contributed by atoms with Gasteiger partial charge in [0.05, 0.1) is 0 Å². The van der Waals surface area contributed by atoms with E-state index >= 15 is 0 Å². The van der Waals surface area contributed by atoms with E-state index in [0.717, 1.165) is 25.3 Å². The minimum Gasteiger partial charge on any atom is -0.364 e. The number of H-pyrrole nitrogens is 1. The Balaban J connectivity index is 1.81. The predicted octanol–water partition coefficient (Wildman–Crippen LogP) is 1.29. The molecule has 0 aromatic carbocycles. The summed E-state index contributed by atoms with van der Waals surface area (Å²) in [6, 6.07) is 1.45.